The van der Waals surface area contributed by atoms with Crippen molar-refractivity contribution in [1.82, 2.24) is 5.48 Å². The van der Waals surface area contributed by atoms with E-state index in [0.717, 1.165) is 13.0 Å². The summed E-state index contributed by atoms with van der Waals surface area (Å²) in [5, 5.41) is 0. The Labute approximate surface area is 78.0 Å². The zero-order valence-corrected chi connectivity index (χ0v) is 8.02. The summed E-state index contributed by atoms with van der Waals surface area (Å²) in [6.07, 6.45) is 3.42. The van der Waals surface area contributed by atoms with Gasteiger partial charge in [-0.2, -0.15) is 5.48 Å². The first-order valence-corrected chi connectivity index (χ1v) is 3.67. The molecule has 0 amide bonds. The largest absolute Gasteiger partial charge is 0.371 e. The molecule has 0 unspecified atom stereocenters. The maximum Gasteiger partial charge on any atom is 0.321 e. The number of hydroxylamine groups is 1. The predicted octanol–water partition coefficient (Wildman–Crippen LogP) is 1.24. The van der Waals surface area contributed by atoms with Crippen molar-refractivity contribution in [2.24, 2.45) is 0 Å². The van der Waals surface area contributed by atoms with Gasteiger partial charge in [-0.1, -0.05) is 19.8 Å². The molecule has 0 saturated carbocycles. The van der Waals surface area contributed by atoms with Crippen LogP contribution in [0.25, 0.3) is 0 Å². The van der Waals surface area contributed by atoms with E-state index in [1.54, 1.807) is 0 Å². The molecular formula is C7H15CoNO2. The summed E-state index contributed by atoms with van der Waals surface area (Å²) in [4.78, 5) is 14.7. The molecule has 4 heteroatoms. The Morgan fingerprint density at radius 1 is 1.45 bits per heavy atom. The molecule has 0 spiro atoms. The standard InChI is InChI=1S/C7H15NO2.Co/c1-3-4-5-6-8-10-7(2)9;/h8H,3-6H2,1-2H3;. The summed E-state index contributed by atoms with van der Waals surface area (Å²) in [6, 6.07) is 0. The topological polar surface area (TPSA) is 38.3 Å². The summed E-state index contributed by atoms with van der Waals surface area (Å²) in [7, 11) is 0. The molecule has 1 radical (unpaired) electrons. The van der Waals surface area contributed by atoms with Crippen molar-refractivity contribution in [3.63, 3.8) is 0 Å². The summed E-state index contributed by atoms with van der Waals surface area (Å²) in [5.74, 6) is -0.281. The first kappa shape index (κ1) is 13.5. The molecular weight excluding hydrogens is 189 g/mol. The maximum atomic E-state index is 10.2. The van der Waals surface area contributed by atoms with E-state index in [1.807, 2.05) is 0 Å². The van der Waals surface area contributed by atoms with Crippen LogP contribution in [0.2, 0.25) is 0 Å². The Morgan fingerprint density at radius 3 is 2.55 bits per heavy atom. The monoisotopic (exact) mass is 204 g/mol. The molecule has 0 aliphatic heterocycles. The molecule has 0 aromatic heterocycles. The molecule has 69 valence electrons. The third kappa shape index (κ3) is 13.0. The number of carbonyl (C=O) groups is 1. The van der Waals surface area contributed by atoms with Crippen LogP contribution in [0.5, 0.6) is 0 Å². The fourth-order valence-corrected chi connectivity index (χ4v) is 0.600. The predicted molar refractivity (Wildman–Crippen MR) is 39.3 cm³/mol. The second-order valence-electron chi connectivity index (χ2n) is 2.20. The van der Waals surface area contributed by atoms with Gasteiger partial charge in [-0.25, -0.2) is 0 Å². The van der Waals surface area contributed by atoms with Crippen molar-refractivity contribution >= 4 is 5.97 Å². The molecule has 0 aromatic rings. The van der Waals surface area contributed by atoms with E-state index in [9.17, 15) is 4.79 Å². The van der Waals surface area contributed by atoms with Gasteiger partial charge in [0.15, 0.2) is 0 Å². The van der Waals surface area contributed by atoms with Crippen molar-refractivity contribution in [2.45, 2.75) is 33.1 Å². The molecule has 11 heavy (non-hydrogen) atoms. The van der Waals surface area contributed by atoms with Crippen LogP contribution >= 0.6 is 0 Å². The molecule has 1 N–H and O–H groups in total. The van der Waals surface area contributed by atoms with Crippen molar-refractivity contribution in [3.8, 4) is 0 Å². The van der Waals surface area contributed by atoms with E-state index < -0.39 is 0 Å². The second kappa shape index (κ2) is 9.94. The summed E-state index contributed by atoms with van der Waals surface area (Å²) in [5.41, 5.74) is 2.57. The number of rotatable bonds is 5. The third-order valence-corrected chi connectivity index (χ3v) is 1.10. The van der Waals surface area contributed by atoms with E-state index in [-0.39, 0.29) is 22.7 Å². The number of nitrogens with one attached hydrogen (secondary N) is 1. The van der Waals surface area contributed by atoms with Gasteiger partial charge < -0.3 is 4.84 Å². The average Bonchev–Trinajstić information content (AvgIpc) is 1.87. The van der Waals surface area contributed by atoms with Gasteiger partial charge in [0, 0.05) is 30.2 Å². The SMILES string of the molecule is CCCCCNOC(C)=O.[Co]. The normalized spacial score (nSPS) is 8.55. The van der Waals surface area contributed by atoms with Crippen LogP contribution in [0.4, 0.5) is 0 Å². The molecule has 0 aliphatic carbocycles. The zero-order valence-electron chi connectivity index (χ0n) is 6.98. The van der Waals surface area contributed by atoms with Gasteiger partial charge in [-0.3, -0.25) is 4.79 Å². The van der Waals surface area contributed by atoms with Crippen molar-refractivity contribution in [2.75, 3.05) is 6.54 Å². The minimum Gasteiger partial charge on any atom is -0.371 e. The van der Waals surface area contributed by atoms with Crippen LogP contribution in [-0.4, -0.2) is 12.5 Å². The fourth-order valence-electron chi connectivity index (χ4n) is 0.600. The number of hydrogen-bond donors (Lipinski definition) is 1. The van der Waals surface area contributed by atoms with Gasteiger partial charge in [0.05, 0.1) is 0 Å². The van der Waals surface area contributed by atoms with E-state index in [2.05, 4.69) is 17.2 Å². The molecule has 0 rings (SSSR count). The Kier molecular flexibility index (Phi) is 12.2. The van der Waals surface area contributed by atoms with Gasteiger partial charge in [0.2, 0.25) is 0 Å². The summed E-state index contributed by atoms with van der Waals surface area (Å²) >= 11 is 0. The number of hydrogen-bond acceptors (Lipinski definition) is 3. The number of unbranched alkanes of at least 4 members (excludes halogenated alkanes) is 2. The van der Waals surface area contributed by atoms with Crippen LogP contribution in [0.3, 0.4) is 0 Å². The average molecular weight is 204 g/mol. The summed E-state index contributed by atoms with van der Waals surface area (Å²) in [6.45, 7) is 4.27. The quantitative estimate of drug-likeness (QED) is 0.541. The van der Waals surface area contributed by atoms with Crippen LogP contribution < -0.4 is 5.48 Å². The minimum atomic E-state index is -0.281. The van der Waals surface area contributed by atoms with Gasteiger partial charge in [-0.15, -0.1) is 0 Å². The molecule has 0 bridgehead atoms. The van der Waals surface area contributed by atoms with Crippen molar-refractivity contribution in [1.29, 1.82) is 0 Å². The van der Waals surface area contributed by atoms with Gasteiger partial charge in [0.1, 0.15) is 0 Å². The van der Waals surface area contributed by atoms with Gasteiger partial charge >= 0.3 is 5.97 Å². The van der Waals surface area contributed by atoms with Gasteiger partial charge in [0.25, 0.3) is 0 Å². The number of carbonyl (C=O) groups excluding carboxylic acids is 1. The Balaban J connectivity index is 0. The Hall–Kier alpha value is -0.0635. The van der Waals surface area contributed by atoms with Crippen molar-refractivity contribution < 1.29 is 26.4 Å². The van der Waals surface area contributed by atoms with Crippen LogP contribution in [-0.2, 0) is 26.4 Å². The first-order valence-electron chi connectivity index (χ1n) is 3.67. The molecule has 0 atom stereocenters. The maximum absolute atomic E-state index is 10.2. The molecule has 3 nitrogen and oxygen atoms in total. The molecule has 0 aromatic carbocycles. The smallest absolute Gasteiger partial charge is 0.321 e. The molecule has 0 fully saturated rings. The summed E-state index contributed by atoms with van der Waals surface area (Å²) < 4.78 is 0. The minimum absolute atomic E-state index is 0. The Bertz CT molecular complexity index is 98.4. The van der Waals surface area contributed by atoms with Crippen molar-refractivity contribution in [3.05, 3.63) is 0 Å². The van der Waals surface area contributed by atoms with E-state index in [4.69, 9.17) is 0 Å². The van der Waals surface area contributed by atoms with Crippen LogP contribution in [0.15, 0.2) is 0 Å². The van der Waals surface area contributed by atoms with E-state index in [0.29, 0.717) is 0 Å². The Morgan fingerprint density at radius 2 is 2.09 bits per heavy atom. The van der Waals surface area contributed by atoms with E-state index in [1.165, 1.54) is 19.8 Å². The first-order chi connectivity index (χ1) is 4.77. The molecule has 0 heterocycles. The van der Waals surface area contributed by atoms with Gasteiger partial charge in [-0.05, 0) is 6.42 Å². The molecule has 0 saturated heterocycles. The second-order valence-corrected chi connectivity index (χ2v) is 2.20. The molecule has 0 aliphatic rings. The van der Waals surface area contributed by atoms with E-state index >= 15 is 0 Å². The fraction of sp³-hybridized carbons (Fsp3) is 0.857. The van der Waals surface area contributed by atoms with Crippen LogP contribution in [0, 0.1) is 0 Å². The van der Waals surface area contributed by atoms with Crippen LogP contribution in [0.1, 0.15) is 33.1 Å². The third-order valence-electron chi connectivity index (χ3n) is 1.10. The zero-order chi connectivity index (χ0) is 7.82.